The number of benzene rings is 2. The Labute approximate surface area is 200 Å². The maximum atomic E-state index is 13.6. The van der Waals surface area contributed by atoms with Crippen LogP contribution >= 0.6 is 34.5 Å². The van der Waals surface area contributed by atoms with Gasteiger partial charge in [0.15, 0.2) is 0 Å². The highest BCUT2D eigenvalue weighted by atomic mass is 35.5. The number of piperazine rings is 1. The summed E-state index contributed by atoms with van der Waals surface area (Å²) in [6, 6.07) is 21.1. The van der Waals surface area contributed by atoms with Gasteiger partial charge in [0, 0.05) is 36.9 Å². The molecule has 0 atom stereocenters. The first-order chi connectivity index (χ1) is 15.6. The van der Waals surface area contributed by atoms with Crippen LogP contribution in [0.5, 0.6) is 0 Å². The zero-order chi connectivity index (χ0) is 22.1. The molecular weight excluding hydrogens is 463 g/mol. The van der Waals surface area contributed by atoms with E-state index in [0.29, 0.717) is 34.5 Å². The van der Waals surface area contributed by atoms with Crippen molar-refractivity contribution in [3.05, 3.63) is 87.8 Å². The van der Waals surface area contributed by atoms with E-state index < -0.39 is 0 Å². The summed E-state index contributed by atoms with van der Waals surface area (Å²) in [7, 11) is 0. The minimum absolute atomic E-state index is 0.0500. The van der Waals surface area contributed by atoms with Crippen LogP contribution in [0.3, 0.4) is 0 Å². The van der Waals surface area contributed by atoms with Gasteiger partial charge in [0.25, 0.3) is 5.91 Å². The molecule has 1 aliphatic rings. The van der Waals surface area contributed by atoms with Gasteiger partial charge in [-0.3, -0.25) is 4.79 Å². The molecule has 2 aromatic carbocycles. The minimum Gasteiger partial charge on any atom is -0.368 e. The third kappa shape index (κ3) is 4.13. The van der Waals surface area contributed by atoms with Crippen LogP contribution in [0.4, 0.5) is 5.69 Å². The first-order valence-electron chi connectivity index (χ1n) is 10.3. The van der Waals surface area contributed by atoms with E-state index in [1.54, 1.807) is 22.1 Å². The fourth-order valence-electron chi connectivity index (χ4n) is 3.89. The molecular formula is C24H20Cl2N4OS. The molecule has 2 aromatic heterocycles. The van der Waals surface area contributed by atoms with Crippen molar-refractivity contribution >= 4 is 46.1 Å². The zero-order valence-corrected chi connectivity index (χ0v) is 19.4. The number of halogens is 2. The molecule has 0 spiro atoms. The van der Waals surface area contributed by atoms with Crippen molar-refractivity contribution in [1.29, 1.82) is 0 Å². The molecule has 0 saturated carbocycles. The van der Waals surface area contributed by atoms with E-state index >= 15 is 0 Å². The fourth-order valence-corrected chi connectivity index (χ4v) is 4.97. The summed E-state index contributed by atoms with van der Waals surface area (Å²) in [5, 5.41) is 8.01. The summed E-state index contributed by atoms with van der Waals surface area (Å²) in [5.74, 6) is -0.0500. The lowest BCUT2D eigenvalue weighted by atomic mass is 10.2. The summed E-state index contributed by atoms with van der Waals surface area (Å²) in [6.45, 7) is 2.72. The van der Waals surface area contributed by atoms with Crippen molar-refractivity contribution in [1.82, 2.24) is 14.7 Å². The second-order valence-electron chi connectivity index (χ2n) is 7.51. The maximum Gasteiger partial charge on any atom is 0.272 e. The number of anilines is 1. The van der Waals surface area contributed by atoms with Gasteiger partial charge in [-0.2, -0.15) is 5.10 Å². The number of aromatic nitrogens is 2. The summed E-state index contributed by atoms with van der Waals surface area (Å²) in [5.41, 5.74) is 3.04. The third-order valence-electron chi connectivity index (χ3n) is 5.52. The standard InChI is InChI=1S/C24H20Cl2N4OS/c25-17-5-3-6-18(15-17)28-10-12-29(13-11-28)24(31)22-16-20(23-9-4-14-32-23)27-30(22)21-8-2-1-7-19(21)26/h1-9,14-16H,10-13H2. The number of hydrogen-bond acceptors (Lipinski definition) is 4. The molecule has 1 fully saturated rings. The second kappa shape index (κ2) is 8.98. The Kier molecular flexibility index (Phi) is 5.91. The summed E-state index contributed by atoms with van der Waals surface area (Å²) in [6.07, 6.45) is 0. The number of carbonyl (C=O) groups is 1. The fraction of sp³-hybridized carbons (Fsp3) is 0.167. The summed E-state index contributed by atoms with van der Waals surface area (Å²) in [4.78, 5) is 18.7. The molecule has 3 heterocycles. The van der Waals surface area contributed by atoms with Gasteiger partial charge in [-0.25, -0.2) is 4.68 Å². The largest absolute Gasteiger partial charge is 0.368 e. The Morgan fingerprint density at radius 3 is 2.44 bits per heavy atom. The van der Waals surface area contributed by atoms with E-state index in [1.807, 2.05) is 70.9 Å². The molecule has 0 unspecified atom stereocenters. The van der Waals surface area contributed by atoms with Crippen LogP contribution in [0.15, 0.2) is 72.1 Å². The highest BCUT2D eigenvalue weighted by molar-refractivity contribution is 7.13. The van der Waals surface area contributed by atoms with Gasteiger partial charge < -0.3 is 9.80 Å². The molecule has 32 heavy (non-hydrogen) atoms. The van der Waals surface area contributed by atoms with E-state index in [0.717, 1.165) is 29.3 Å². The highest BCUT2D eigenvalue weighted by Gasteiger charge is 2.27. The van der Waals surface area contributed by atoms with Crippen molar-refractivity contribution in [2.75, 3.05) is 31.1 Å². The minimum atomic E-state index is -0.0500. The van der Waals surface area contributed by atoms with Gasteiger partial charge in [-0.1, -0.05) is 47.5 Å². The number of para-hydroxylation sites is 1. The van der Waals surface area contributed by atoms with Crippen molar-refractivity contribution in [2.24, 2.45) is 0 Å². The second-order valence-corrected chi connectivity index (χ2v) is 9.31. The van der Waals surface area contributed by atoms with E-state index in [9.17, 15) is 4.79 Å². The molecule has 0 aliphatic carbocycles. The van der Waals surface area contributed by atoms with E-state index in [1.165, 1.54) is 0 Å². The molecule has 0 bridgehead atoms. The SMILES string of the molecule is O=C(c1cc(-c2cccs2)nn1-c1ccccc1Cl)N1CCN(c2cccc(Cl)c2)CC1. The zero-order valence-electron chi connectivity index (χ0n) is 17.1. The quantitative estimate of drug-likeness (QED) is 0.365. The van der Waals surface area contributed by atoms with Crippen LogP contribution in [0.2, 0.25) is 10.0 Å². The van der Waals surface area contributed by atoms with Gasteiger partial charge in [0.1, 0.15) is 11.4 Å². The number of carbonyl (C=O) groups excluding carboxylic acids is 1. The number of amides is 1. The summed E-state index contributed by atoms with van der Waals surface area (Å²) < 4.78 is 1.67. The Hall–Kier alpha value is -2.80. The molecule has 5 nitrogen and oxygen atoms in total. The molecule has 1 saturated heterocycles. The van der Waals surface area contributed by atoms with Crippen LogP contribution in [0.1, 0.15) is 10.5 Å². The Balaban J connectivity index is 1.43. The van der Waals surface area contributed by atoms with Crippen LogP contribution < -0.4 is 4.90 Å². The van der Waals surface area contributed by atoms with Crippen LogP contribution in [-0.4, -0.2) is 46.8 Å². The van der Waals surface area contributed by atoms with Crippen LogP contribution in [0, 0.1) is 0 Å². The smallest absolute Gasteiger partial charge is 0.272 e. The lowest BCUT2D eigenvalue weighted by molar-refractivity contribution is 0.0737. The molecule has 5 rings (SSSR count). The maximum absolute atomic E-state index is 13.6. The Bertz CT molecular complexity index is 1250. The number of hydrogen-bond donors (Lipinski definition) is 0. The van der Waals surface area contributed by atoms with E-state index in [4.69, 9.17) is 28.3 Å². The van der Waals surface area contributed by atoms with Gasteiger partial charge in [0.2, 0.25) is 0 Å². The molecule has 0 N–H and O–H groups in total. The third-order valence-corrected chi connectivity index (χ3v) is 6.97. The van der Waals surface area contributed by atoms with Gasteiger partial charge in [-0.15, -0.1) is 11.3 Å². The van der Waals surface area contributed by atoms with E-state index in [2.05, 4.69) is 4.90 Å². The van der Waals surface area contributed by atoms with Crippen molar-refractivity contribution in [2.45, 2.75) is 0 Å². The molecule has 4 aromatic rings. The Morgan fingerprint density at radius 2 is 1.72 bits per heavy atom. The predicted molar refractivity (Wildman–Crippen MR) is 131 cm³/mol. The first kappa shape index (κ1) is 21.1. The normalized spacial score (nSPS) is 14.1. The molecule has 1 aliphatic heterocycles. The number of nitrogens with zero attached hydrogens (tertiary/aromatic N) is 4. The number of rotatable bonds is 4. The van der Waals surface area contributed by atoms with E-state index in [-0.39, 0.29) is 5.91 Å². The van der Waals surface area contributed by atoms with Crippen molar-refractivity contribution in [3.63, 3.8) is 0 Å². The van der Waals surface area contributed by atoms with Crippen LogP contribution in [0.25, 0.3) is 16.3 Å². The van der Waals surface area contributed by atoms with Crippen molar-refractivity contribution in [3.8, 4) is 16.3 Å². The van der Waals surface area contributed by atoms with Gasteiger partial charge in [0.05, 0.1) is 15.6 Å². The molecule has 162 valence electrons. The van der Waals surface area contributed by atoms with Gasteiger partial charge >= 0.3 is 0 Å². The topological polar surface area (TPSA) is 41.4 Å². The first-order valence-corrected chi connectivity index (χ1v) is 11.9. The number of thiophene rings is 1. The Morgan fingerprint density at radius 1 is 0.906 bits per heavy atom. The lowest BCUT2D eigenvalue weighted by Gasteiger charge is -2.36. The monoisotopic (exact) mass is 482 g/mol. The van der Waals surface area contributed by atoms with Crippen LogP contribution in [-0.2, 0) is 0 Å². The summed E-state index contributed by atoms with van der Waals surface area (Å²) >= 11 is 14.2. The molecule has 0 radical (unpaired) electrons. The highest BCUT2D eigenvalue weighted by Crippen LogP contribution is 2.29. The molecule has 8 heteroatoms. The van der Waals surface area contributed by atoms with Crippen molar-refractivity contribution < 1.29 is 4.79 Å². The lowest BCUT2D eigenvalue weighted by Crippen LogP contribution is -2.49. The average molecular weight is 483 g/mol. The average Bonchev–Trinajstić information content (AvgIpc) is 3.49. The predicted octanol–water partition coefficient (Wildman–Crippen LogP) is 5.87. The van der Waals surface area contributed by atoms with Gasteiger partial charge in [-0.05, 0) is 47.8 Å². The molecule has 1 amide bonds.